The number of nitrogens with zero attached hydrogens (tertiary/aromatic N) is 2. The van der Waals surface area contributed by atoms with Crippen LogP contribution in [0.15, 0.2) is 0 Å². The van der Waals surface area contributed by atoms with Gasteiger partial charge in [-0.1, -0.05) is 6.92 Å². The molecule has 8 nitrogen and oxygen atoms in total. The summed E-state index contributed by atoms with van der Waals surface area (Å²) >= 11 is 0. The lowest BCUT2D eigenvalue weighted by molar-refractivity contribution is -0.148. The lowest BCUT2D eigenvalue weighted by Gasteiger charge is -2.33. The molecule has 20 heavy (non-hydrogen) atoms. The second kappa shape index (κ2) is 6.00. The van der Waals surface area contributed by atoms with Crippen LogP contribution in [0.1, 0.15) is 42.6 Å². The molecular formula is C12H18N4O4. The van der Waals surface area contributed by atoms with Crippen LogP contribution < -0.4 is 5.32 Å². The molecule has 0 aromatic carbocycles. The molecule has 0 atom stereocenters. The number of rotatable bonds is 5. The van der Waals surface area contributed by atoms with Gasteiger partial charge in [-0.3, -0.25) is 9.89 Å². The molecule has 8 heteroatoms. The van der Waals surface area contributed by atoms with Crippen molar-refractivity contribution < 1.29 is 19.4 Å². The molecule has 0 bridgehead atoms. The van der Waals surface area contributed by atoms with Crippen LogP contribution in [-0.2, 0) is 16.0 Å². The van der Waals surface area contributed by atoms with E-state index in [4.69, 9.17) is 4.74 Å². The molecule has 2 heterocycles. The third-order valence-corrected chi connectivity index (χ3v) is 3.33. The molecule has 0 unspecified atom stereocenters. The molecule has 0 radical (unpaired) electrons. The summed E-state index contributed by atoms with van der Waals surface area (Å²) in [7, 11) is 0. The van der Waals surface area contributed by atoms with E-state index in [2.05, 4.69) is 20.5 Å². The molecule has 1 aliphatic rings. The number of hydrogen-bond acceptors (Lipinski definition) is 5. The Morgan fingerprint density at radius 3 is 2.75 bits per heavy atom. The molecule has 1 fully saturated rings. The number of aryl methyl sites for hydroxylation is 1. The van der Waals surface area contributed by atoms with Crippen molar-refractivity contribution in [2.75, 3.05) is 13.2 Å². The quantitative estimate of drug-likeness (QED) is 0.706. The van der Waals surface area contributed by atoms with Gasteiger partial charge in [0.2, 0.25) is 5.82 Å². The number of nitrogens with one attached hydrogen (secondary N) is 2. The minimum Gasteiger partial charge on any atom is -0.480 e. The van der Waals surface area contributed by atoms with E-state index in [1.165, 1.54) is 0 Å². The summed E-state index contributed by atoms with van der Waals surface area (Å²) in [6, 6.07) is 0. The van der Waals surface area contributed by atoms with Crippen LogP contribution in [0.25, 0.3) is 0 Å². The van der Waals surface area contributed by atoms with Crippen molar-refractivity contribution in [3.63, 3.8) is 0 Å². The van der Waals surface area contributed by atoms with E-state index >= 15 is 0 Å². The van der Waals surface area contributed by atoms with Crippen molar-refractivity contribution in [3.05, 3.63) is 11.6 Å². The topological polar surface area (TPSA) is 117 Å². The summed E-state index contributed by atoms with van der Waals surface area (Å²) in [4.78, 5) is 27.6. The second-order valence-electron chi connectivity index (χ2n) is 4.81. The summed E-state index contributed by atoms with van der Waals surface area (Å²) < 4.78 is 5.15. The highest BCUT2D eigenvalue weighted by molar-refractivity contribution is 5.95. The van der Waals surface area contributed by atoms with Crippen molar-refractivity contribution >= 4 is 11.9 Å². The number of aliphatic carboxylic acids is 1. The molecule has 1 aromatic heterocycles. The average molecular weight is 282 g/mol. The Bertz CT molecular complexity index is 493. The number of carboxylic acids is 1. The van der Waals surface area contributed by atoms with E-state index in [0.717, 1.165) is 6.42 Å². The molecule has 1 saturated heterocycles. The Balaban J connectivity index is 2.09. The normalized spacial score (nSPS) is 17.6. The maximum atomic E-state index is 12.1. The van der Waals surface area contributed by atoms with Crippen molar-refractivity contribution in [2.45, 2.75) is 38.1 Å². The summed E-state index contributed by atoms with van der Waals surface area (Å²) in [5.74, 6) is -1.04. The number of ether oxygens (including phenoxy) is 1. The fourth-order valence-electron chi connectivity index (χ4n) is 2.13. The number of carbonyl (C=O) groups excluding carboxylic acids is 1. The molecule has 110 valence electrons. The minimum atomic E-state index is -1.29. The molecule has 0 spiro atoms. The summed E-state index contributed by atoms with van der Waals surface area (Å²) in [6.45, 7) is 2.60. The third-order valence-electron chi connectivity index (χ3n) is 3.33. The lowest BCUT2D eigenvalue weighted by Crippen LogP contribution is -2.57. The minimum absolute atomic E-state index is 0.0273. The predicted molar refractivity (Wildman–Crippen MR) is 68.3 cm³/mol. The van der Waals surface area contributed by atoms with Crippen LogP contribution in [0, 0.1) is 0 Å². The summed E-state index contributed by atoms with van der Waals surface area (Å²) in [5, 5.41) is 18.4. The van der Waals surface area contributed by atoms with Gasteiger partial charge in [0.15, 0.2) is 0 Å². The van der Waals surface area contributed by atoms with E-state index < -0.39 is 17.4 Å². The number of aromatic amines is 1. The fraction of sp³-hybridized carbons (Fsp3) is 0.667. The molecule has 1 amide bonds. The van der Waals surface area contributed by atoms with E-state index in [1.807, 2.05) is 6.92 Å². The maximum Gasteiger partial charge on any atom is 0.329 e. The van der Waals surface area contributed by atoms with E-state index in [1.54, 1.807) is 0 Å². The Kier molecular flexibility index (Phi) is 4.33. The SMILES string of the molecule is CCCc1nc(C(=O)NC2(C(=O)O)CCOCC2)n[nH]1. The van der Waals surface area contributed by atoms with Gasteiger partial charge in [0, 0.05) is 32.5 Å². The molecule has 1 aliphatic heterocycles. The zero-order valence-corrected chi connectivity index (χ0v) is 11.3. The first kappa shape index (κ1) is 14.4. The lowest BCUT2D eigenvalue weighted by atomic mass is 9.90. The van der Waals surface area contributed by atoms with Gasteiger partial charge in [-0.15, -0.1) is 5.10 Å². The maximum absolute atomic E-state index is 12.1. The van der Waals surface area contributed by atoms with E-state index in [-0.39, 0.29) is 18.7 Å². The van der Waals surface area contributed by atoms with Gasteiger partial charge in [0.05, 0.1) is 0 Å². The largest absolute Gasteiger partial charge is 0.480 e. The highest BCUT2D eigenvalue weighted by atomic mass is 16.5. The van der Waals surface area contributed by atoms with Crippen molar-refractivity contribution in [1.82, 2.24) is 20.5 Å². The van der Waals surface area contributed by atoms with Crippen LogP contribution in [0.2, 0.25) is 0 Å². The molecule has 3 N–H and O–H groups in total. The summed E-state index contributed by atoms with van der Waals surface area (Å²) in [5.41, 5.74) is -1.29. The van der Waals surface area contributed by atoms with Crippen LogP contribution in [-0.4, -0.2) is 50.9 Å². The molecule has 1 aromatic rings. The van der Waals surface area contributed by atoms with Gasteiger partial charge in [-0.25, -0.2) is 9.78 Å². The Labute approximate surface area is 115 Å². The molecule has 0 saturated carbocycles. The second-order valence-corrected chi connectivity index (χ2v) is 4.81. The number of hydrogen-bond donors (Lipinski definition) is 3. The highest BCUT2D eigenvalue weighted by Crippen LogP contribution is 2.21. The smallest absolute Gasteiger partial charge is 0.329 e. The van der Waals surface area contributed by atoms with Gasteiger partial charge in [0.1, 0.15) is 11.4 Å². The van der Waals surface area contributed by atoms with Crippen molar-refractivity contribution in [1.29, 1.82) is 0 Å². The van der Waals surface area contributed by atoms with E-state index in [9.17, 15) is 14.7 Å². The number of carbonyl (C=O) groups is 2. The van der Waals surface area contributed by atoms with Crippen LogP contribution in [0.3, 0.4) is 0 Å². The first-order valence-corrected chi connectivity index (χ1v) is 6.62. The van der Waals surface area contributed by atoms with Crippen LogP contribution in [0.5, 0.6) is 0 Å². The average Bonchev–Trinajstić information content (AvgIpc) is 2.89. The van der Waals surface area contributed by atoms with Crippen LogP contribution >= 0.6 is 0 Å². The van der Waals surface area contributed by atoms with Crippen molar-refractivity contribution in [3.8, 4) is 0 Å². The van der Waals surface area contributed by atoms with Crippen LogP contribution in [0.4, 0.5) is 0 Å². The fourth-order valence-corrected chi connectivity index (χ4v) is 2.13. The van der Waals surface area contributed by atoms with Gasteiger partial charge in [0.25, 0.3) is 5.91 Å². The zero-order chi connectivity index (χ0) is 14.6. The molecular weight excluding hydrogens is 264 g/mol. The first-order valence-electron chi connectivity index (χ1n) is 6.62. The third kappa shape index (κ3) is 2.96. The Morgan fingerprint density at radius 2 is 2.15 bits per heavy atom. The van der Waals surface area contributed by atoms with Crippen molar-refractivity contribution in [2.24, 2.45) is 0 Å². The Hall–Kier alpha value is -1.96. The van der Waals surface area contributed by atoms with E-state index in [0.29, 0.717) is 25.5 Å². The monoisotopic (exact) mass is 282 g/mol. The Morgan fingerprint density at radius 1 is 1.45 bits per heavy atom. The van der Waals surface area contributed by atoms with Gasteiger partial charge >= 0.3 is 5.97 Å². The number of carboxylic acid groups (broad SMARTS) is 1. The number of H-pyrrole nitrogens is 1. The van der Waals surface area contributed by atoms with Gasteiger partial charge in [-0.2, -0.15) is 0 Å². The summed E-state index contributed by atoms with van der Waals surface area (Å²) in [6.07, 6.45) is 2.05. The predicted octanol–water partition coefficient (Wildman–Crippen LogP) is 0.121. The standard InChI is InChI=1S/C12H18N4O4/c1-2-3-8-13-9(16-15-8)10(17)14-12(11(18)19)4-6-20-7-5-12/h2-7H2,1H3,(H,14,17)(H,18,19)(H,13,15,16). The number of aromatic nitrogens is 3. The zero-order valence-electron chi connectivity index (χ0n) is 11.3. The molecule has 2 rings (SSSR count). The highest BCUT2D eigenvalue weighted by Gasteiger charge is 2.42. The molecule has 0 aliphatic carbocycles. The first-order chi connectivity index (χ1) is 9.57. The number of amides is 1. The van der Waals surface area contributed by atoms with Gasteiger partial charge < -0.3 is 15.2 Å². The van der Waals surface area contributed by atoms with Gasteiger partial charge in [-0.05, 0) is 6.42 Å².